The maximum atomic E-state index is 10.7. The SMILES string of the molecule is CC(C)(C)c1cc(/C=N/[C@@H](CO)C(C)(C)C)c(O)c(C(C)(C)C)c1. The second kappa shape index (κ2) is 6.87. The van der Waals surface area contributed by atoms with E-state index in [9.17, 15) is 10.2 Å². The Balaban J connectivity index is 3.47. The van der Waals surface area contributed by atoms with Crippen molar-refractivity contribution in [1.82, 2.24) is 0 Å². The topological polar surface area (TPSA) is 52.8 Å². The third kappa shape index (κ3) is 5.07. The number of phenolic OH excluding ortho intramolecular Hbond substituents is 1. The summed E-state index contributed by atoms with van der Waals surface area (Å²) < 4.78 is 0. The van der Waals surface area contributed by atoms with Gasteiger partial charge in [-0.05, 0) is 27.9 Å². The molecule has 2 N–H and O–H groups in total. The molecule has 1 aromatic rings. The van der Waals surface area contributed by atoms with Gasteiger partial charge in [-0.25, -0.2) is 0 Å². The van der Waals surface area contributed by atoms with Crippen LogP contribution in [0.15, 0.2) is 17.1 Å². The van der Waals surface area contributed by atoms with E-state index in [1.807, 2.05) is 6.07 Å². The summed E-state index contributed by atoms with van der Waals surface area (Å²) >= 11 is 0. The molecule has 0 fully saturated rings. The first-order chi connectivity index (χ1) is 10.7. The van der Waals surface area contributed by atoms with E-state index in [0.29, 0.717) is 0 Å². The van der Waals surface area contributed by atoms with Crippen LogP contribution in [0.5, 0.6) is 5.75 Å². The third-order valence-corrected chi connectivity index (χ3v) is 4.38. The lowest BCUT2D eigenvalue weighted by atomic mass is 9.79. The zero-order chi connectivity index (χ0) is 18.9. The lowest BCUT2D eigenvalue weighted by molar-refractivity contribution is 0.191. The minimum atomic E-state index is -0.201. The Morgan fingerprint density at radius 3 is 1.88 bits per heavy atom. The number of aromatic hydroxyl groups is 1. The molecule has 0 saturated carbocycles. The average molecular weight is 334 g/mol. The van der Waals surface area contributed by atoms with Gasteiger partial charge in [-0.1, -0.05) is 68.4 Å². The molecule has 0 aromatic heterocycles. The number of aliphatic hydroxyl groups excluding tert-OH is 1. The molecule has 0 aliphatic heterocycles. The van der Waals surface area contributed by atoms with Crippen LogP contribution in [-0.4, -0.2) is 29.1 Å². The fourth-order valence-corrected chi connectivity index (χ4v) is 2.47. The zero-order valence-corrected chi connectivity index (χ0v) is 16.9. The van der Waals surface area contributed by atoms with E-state index in [1.54, 1.807) is 6.21 Å². The number of phenols is 1. The molecular formula is C21H35NO2. The molecule has 0 aliphatic rings. The number of aliphatic imine (C=N–C) groups is 1. The van der Waals surface area contributed by atoms with Crippen molar-refractivity contribution in [3.05, 3.63) is 28.8 Å². The predicted molar refractivity (Wildman–Crippen MR) is 103 cm³/mol. The molecule has 0 amide bonds. The third-order valence-electron chi connectivity index (χ3n) is 4.38. The van der Waals surface area contributed by atoms with Gasteiger partial charge in [0, 0.05) is 17.3 Å². The van der Waals surface area contributed by atoms with Gasteiger partial charge in [-0.15, -0.1) is 0 Å². The summed E-state index contributed by atoms with van der Waals surface area (Å²) in [5.41, 5.74) is 2.51. The number of aliphatic hydroxyl groups is 1. The van der Waals surface area contributed by atoms with Crippen LogP contribution in [0.3, 0.4) is 0 Å². The van der Waals surface area contributed by atoms with E-state index in [-0.39, 0.29) is 34.6 Å². The highest BCUT2D eigenvalue weighted by atomic mass is 16.3. The van der Waals surface area contributed by atoms with Gasteiger partial charge in [0.05, 0.1) is 12.6 Å². The lowest BCUT2D eigenvalue weighted by Gasteiger charge is -2.27. The van der Waals surface area contributed by atoms with Crippen molar-refractivity contribution in [1.29, 1.82) is 0 Å². The van der Waals surface area contributed by atoms with Gasteiger partial charge >= 0.3 is 0 Å². The molecule has 1 aromatic carbocycles. The Morgan fingerprint density at radius 1 is 0.958 bits per heavy atom. The molecule has 1 atom stereocenters. The summed E-state index contributed by atoms with van der Waals surface area (Å²) in [6.07, 6.45) is 1.71. The van der Waals surface area contributed by atoms with E-state index in [2.05, 4.69) is 73.4 Å². The Morgan fingerprint density at radius 2 is 1.50 bits per heavy atom. The number of hydrogen-bond acceptors (Lipinski definition) is 3. The molecule has 3 heteroatoms. The van der Waals surface area contributed by atoms with Crippen LogP contribution in [0.1, 0.15) is 79.0 Å². The first-order valence-electron chi connectivity index (χ1n) is 8.70. The maximum absolute atomic E-state index is 10.7. The molecule has 0 saturated heterocycles. The Hall–Kier alpha value is -1.35. The summed E-state index contributed by atoms with van der Waals surface area (Å²) in [6, 6.07) is 3.90. The number of rotatable bonds is 3. The van der Waals surface area contributed by atoms with Crippen LogP contribution in [0.25, 0.3) is 0 Å². The first kappa shape index (κ1) is 20.7. The largest absolute Gasteiger partial charge is 0.507 e. The lowest BCUT2D eigenvalue weighted by Crippen LogP contribution is -2.28. The van der Waals surface area contributed by atoms with Crippen LogP contribution in [0.2, 0.25) is 0 Å². The highest BCUT2D eigenvalue weighted by molar-refractivity contribution is 5.85. The van der Waals surface area contributed by atoms with E-state index >= 15 is 0 Å². The fourth-order valence-electron chi connectivity index (χ4n) is 2.47. The van der Waals surface area contributed by atoms with Gasteiger partial charge in [-0.2, -0.15) is 0 Å². The quantitative estimate of drug-likeness (QED) is 0.780. The standard InChI is InChI=1S/C21H35NO2/c1-19(2,3)15-10-14(12-22-17(13-23)21(7,8)9)18(24)16(11-15)20(4,5)6/h10-12,17,23-24H,13H2,1-9H3/b22-12+/t17-/m0/s1. The van der Waals surface area contributed by atoms with Crippen molar-refractivity contribution in [3.63, 3.8) is 0 Å². The normalized spacial score (nSPS) is 15.1. The average Bonchev–Trinajstić information content (AvgIpc) is 2.36. The molecule has 3 nitrogen and oxygen atoms in total. The second-order valence-corrected chi connectivity index (χ2v) is 9.80. The predicted octanol–water partition coefficient (Wildman–Crippen LogP) is 4.81. The Kier molecular flexibility index (Phi) is 5.93. The van der Waals surface area contributed by atoms with E-state index in [0.717, 1.165) is 11.1 Å². The maximum Gasteiger partial charge on any atom is 0.128 e. The molecule has 0 aliphatic carbocycles. The van der Waals surface area contributed by atoms with E-state index in [1.165, 1.54) is 5.56 Å². The molecule has 0 radical (unpaired) electrons. The zero-order valence-electron chi connectivity index (χ0n) is 16.9. The van der Waals surface area contributed by atoms with Gasteiger partial charge < -0.3 is 10.2 Å². The summed E-state index contributed by atoms with van der Waals surface area (Å²) in [5, 5.41) is 20.3. The van der Waals surface area contributed by atoms with Gasteiger partial charge in [0.2, 0.25) is 0 Å². The second-order valence-electron chi connectivity index (χ2n) is 9.80. The molecule has 24 heavy (non-hydrogen) atoms. The first-order valence-corrected chi connectivity index (χ1v) is 8.70. The van der Waals surface area contributed by atoms with Gasteiger partial charge in [0.15, 0.2) is 0 Å². The highest BCUT2D eigenvalue weighted by Crippen LogP contribution is 2.37. The Bertz CT molecular complexity index is 596. The van der Waals surface area contributed by atoms with Crippen LogP contribution < -0.4 is 0 Å². The minimum absolute atomic E-state index is 0.00808. The van der Waals surface area contributed by atoms with Crippen molar-refractivity contribution in [2.24, 2.45) is 10.4 Å². The fraction of sp³-hybridized carbons (Fsp3) is 0.667. The van der Waals surface area contributed by atoms with Crippen LogP contribution >= 0.6 is 0 Å². The smallest absolute Gasteiger partial charge is 0.128 e. The van der Waals surface area contributed by atoms with Crippen molar-refractivity contribution >= 4 is 6.21 Å². The minimum Gasteiger partial charge on any atom is -0.507 e. The number of nitrogens with zero attached hydrogens (tertiary/aromatic N) is 1. The van der Waals surface area contributed by atoms with Gasteiger partial charge in [0.1, 0.15) is 5.75 Å². The monoisotopic (exact) mass is 333 g/mol. The molecule has 0 spiro atoms. The van der Waals surface area contributed by atoms with E-state index in [4.69, 9.17) is 0 Å². The van der Waals surface area contributed by atoms with Crippen LogP contribution in [-0.2, 0) is 10.8 Å². The summed E-state index contributed by atoms with van der Waals surface area (Å²) in [7, 11) is 0. The highest BCUT2D eigenvalue weighted by Gasteiger charge is 2.26. The van der Waals surface area contributed by atoms with Crippen molar-refractivity contribution in [3.8, 4) is 5.75 Å². The van der Waals surface area contributed by atoms with Crippen molar-refractivity contribution < 1.29 is 10.2 Å². The molecule has 1 rings (SSSR count). The summed E-state index contributed by atoms with van der Waals surface area (Å²) in [5.74, 6) is 0.282. The molecule has 0 heterocycles. The summed E-state index contributed by atoms with van der Waals surface area (Å²) in [4.78, 5) is 4.56. The van der Waals surface area contributed by atoms with Crippen molar-refractivity contribution in [2.45, 2.75) is 79.2 Å². The van der Waals surface area contributed by atoms with Gasteiger partial charge in [-0.3, -0.25) is 4.99 Å². The molecule has 136 valence electrons. The Labute approximate surface area is 147 Å². The molecule has 0 unspecified atom stereocenters. The van der Waals surface area contributed by atoms with Crippen molar-refractivity contribution in [2.75, 3.05) is 6.61 Å². The van der Waals surface area contributed by atoms with E-state index < -0.39 is 0 Å². The molecule has 0 bridgehead atoms. The molecular weight excluding hydrogens is 298 g/mol. The van der Waals surface area contributed by atoms with Gasteiger partial charge in [0.25, 0.3) is 0 Å². The number of hydrogen-bond donors (Lipinski definition) is 2. The van der Waals surface area contributed by atoms with Crippen LogP contribution in [0, 0.1) is 5.41 Å². The van der Waals surface area contributed by atoms with Crippen LogP contribution in [0.4, 0.5) is 0 Å². The number of benzene rings is 1. The summed E-state index contributed by atoms with van der Waals surface area (Å²) in [6.45, 7) is 18.9.